The molecule has 0 aliphatic heterocycles. The molecular weight excluding hydrogens is 465 g/mol. The van der Waals surface area contributed by atoms with Crippen LogP contribution >= 0.6 is 11.8 Å². The van der Waals surface area contributed by atoms with Gasteiger partial charge in [-0.3, -0.25) is 4.79 Å². The number of hydrogen-bond acceptors (Lipinski definition) is 6. The van der Waals surface area contributed by atoms with Gasteiger partial charge in [-0.2, -0.15) is 9.94 Å². The largest absolute Gasteiger partial charge is 0.326 e. The Hall–Kier alpha value is -3.97. The van der Waals surface area contributed by atoms with E-state index in [0.29, 0.717) is 23.1 Å². The van der Waals surface area contributed by atoms with Gasteiger partial charge in [0, 0.05) is 12.2 Å². The van der Waals surface area contributed by atoms with Gasteiger partial charge in [0.25, 0.3) is 0 Å². The summed E-state index contributed by atoms with van der Waals surface area (Å²) in [4.78, 5) is 12.9. The van der Waals surface area contributed by atoms with Gasteiger partial charge in [-0.1, -0.05) is 41.6 Å². The van der Waals surface area contributed by atoms with E-state index in [0.717, 1.165) is 33.6 Å². The molecule has 2 aromatic carbocycles. The van der Waals surface area contributed by atoms with Crippen molar-refractivity contribution in [2.75, 3.05) is 11.1 Å². The fourth-order valence-corrected chi connectivity index (χ4v) is 4.55. The fraction of sp³-hybridized carbons (Fsp3) is 0.240. The van der Waals surface area contributed by atoms with E-state index >= 15 is 0 Å². The highest BCUT2D eigenvalue weighted by Gasteiger charge is 2.21. The van der Waals surface area contributed by atoms with E-state index in [1.165, 1.54) is 23.9 Å². The Bertz CT molecular complexity index is 1430. The van der Waals surface area contributed by atoms with Gasteiger partial charge < -0.3 is 9.88 Å². The summed E-state index contributed by atoms with van der Waals surface area (Å²) in [6, 6.07) is 14.3. The molecule has 0 bridgehead atoms. The molecule has 10 heteroatoms. The third-order valence-electron chi connectivity index (χ3n) is 5.81. The highest BCUT2D eigenvalue weighted by atomic mass is 32.2. The summed E-state index contributed by atoms with van der Waals surface area (Å²) in [5, 5.41) is 25.0. The lowest BCUT2D eigenvalue weighted by Gasteiger charge is -2.13. The first-order valence-corrected chi connectivity index (χ1v) is 11.9. The number of amides is 1. The molecular formula is C25H24FN7OS. The molecule has 4 aromatic rings. The zero-order chi connectivity index (χ0) is 25.1. The highest BCUT2D eigenvalue weighted by molar-refractivity contribution is 7.99. The second-order valence-electron chi connectivity index (χ2n) is 8.26. The zero-order valence-corrected chi connectivity index (χ0v) is 20.6. The molecule has 2 aromatic heterocycles. The first-order chi connectivity index (χ1) is 16.8. The Morgan fingerprint density at radius 2 is 1.89 bits per heavy atom. The summed E-state index contributed by atoms with van der Waals surface area (Å²) in [7, 11) is 0. The molecule has 0 fully saturated rings. The molecule has 178 valence electrons. The number of carbonyl (C=O) groups is 1. The Balaban J connectivity index is 1.53. The minimum atomic E-state index is -0.319. The molecule has 0 saturated heterocycles. The molecule has 2 heterocycles. The maximum atomic E-state index is 13.3. The SMILES string of the molecule is Cc1ccc(-n2nnnc2SCC(=O)Nc2c(C#N)c(C)c(C)n2Cc2ccc(F)cc2)c(C)c1. The van der Waals surface area contributed by atoms with Crippen LogP contribution < -0.4 is 5.32 Å². The maximum Gasteiger partial charge on any atom is 0.235 e. The number of anilines is 1. The average Bonchev–Trinajstić information content (AvgIpc) is 3.37. The number of hydrogen-bond donors (Lipinski definition) is 1. The topological polar surface area (TPSA) is 101 Å². The van der Waals surface area contributed by atoms with Crippen molar-refractivity contribution in [1.29, 1.82) is 5.26 Å². The standard InChI is InChI=1S/C25H24FN7OS/c1-15-5-10-22(16(2)11-15)33-25(29-30-31-33)35-14-23(34)28-24-21(12-27)17(3)18(4)32(24)13-19-6-8-20(26)9-7-19/h5-11H,13-14H2,1-4H3,(H,28,34). The highest BCUT2D eigenvalue weighted by Crippen LogP contribution is 2.28. The Morgan fingerprint density at radius 3 is 2.57 bits per heavy atom. The lowest BCUT2D eigenvalue weighted by molar-refractivity contribution is -0.113. The Labute approximate surface area is 206 Å². The van der Waals surface area contributed by atoms with Gasteiger partial charge in [-0.15, -0.1) is 5.10 Å². The Morgan fingerprint density at radius 1 is 1.14 bits per heavy atom. The number of nitrogens with zero attached hydrogens (tertiary/aromatic N) is 6. The first kappa shape index (κ1) is 24.2. The van der Waals surface area contributed by atoms with Gasteiger partial charge in [-0.25, -0.2) is 4.39 Å². The van der Waals surface area contributed by atoms with Gasteiger partial charge in [-0.05, 0) is 73.0 Å². The van der Waals surface area contributed by atoms with E-state index in [-0.39, 0.29) is 17.5 Å². The van der Waals surface area contributed by atoms with Crippen LogP contribution in [0.1, 0.15) is 33.5 Å². The van der Waals surface area contributed by atoms with E-state index < -0.39 is 0 Å². The van der Waals surface area contributed by atoms with Crippen molar-refractivity contribution in [3.8, 4) is 11.8 Å². The summed E-state index contributed by atoms with van der Waals surface area (Å²) in [6.07, 6.45) is 0. The first-order valence-electron chi connectivity index (χ1n) is 10.9. The molecule has 0 radical (unpaired) electrons. The van der Waals surface area contributed by atoms with E-state index in [1.54, 1.807) is 16.8 Å². The van der Waals surface area contributed by atoms with Crippen LogP contribution in [0.2, 0.25) is 0 Å². The molecule has 4 rings (SSSR count). The summed E-state index contributed by atoms with van der Waals surface area (Å²) in [5.41, 5.74) is 5.90. The lowest BCUT2D eigenvalue weighted by atomic mass is 10.1. The molecule has 0 unspecified atom stereocenters. The number of thioether (sulfide) groups is 1. The van der Waals surface area contributed by atoms with Crippen LogP contribution in [0.25, 0.3) is 5.69 Å². The van der Waals surface area contributed by atoms with Crippen molar-refractivity contribution >= 4 is 23.5 Å². The second kappa shape index (κ2) is 10.1. The smallest absolute Gasteiger partial charge is 0.235 e. The lowest BCUT2D eigenvalue weighted by Crippen LogP contribution is -2.19. The molecule has 1 N–H and O–H groups in total. The van der Waals surface area contributed by atoms with Crippen LogP contribution in [0.5, 0.6) is 0 Å². The van der Waals surface area contributed by atoms with Crippen LogP contribution in [-0.2, 0) is 11.3 Å². The predicted molar refractivity (Wildman–Crippen MR) is 132 cm³/mol. The van der Waals surface area contributed by atoms with Crippen molar-refractivity contribution < 1.29 is 9.18 Å². The van der Waals surface area contributed by atoms with E-state index in [2.05, 4.69) is 26.9 Å². The summed E-state index contributed by atoms with van der Waals surface area (Å²) in [5.74, 6) is -0.137. The third kappa shape index (κ3) is 5.10. The number of nitriles is 1. The summed E-state index contributed by atoms with van der Waals surface area (Å²) >= 11 is 1.21. The average molecular weight is 490 g/mol. The number of aromatic nitrogens is 5. The molecule has 0 spiro atoms. The predicted octanol–water partition coefficient (Wildman–Crippen LogP) is 4.49. The van der Waals surface area contributed by atoms with Crippen LogP contribution in [0.15, 0.2) is 47.6 Å². The van der Waals surface area contributed by atoms with Crippen molar-refractivity contribution in [2.24, 2.45) is 0 Å². The minimum Gasteiger partial charge on any atom is -0.326 e. The number of aryl methyl sites for hydroxylation is 2. The molecule has 0 aliphatic rings. The van der Waals surface area contributed by atoms with Crippen molar-refractivity contribution in [1.82, 2.24) is 24.8 Å². The van der Waals surface area contributed by atoms with Gasteiger partial charge in [0.15, 0.2) is 0 Å². The van der Waals surface area contributed by atoms with Crippen LogP contribution in [-0.4, -0.2) is 36.4 Å². The Kier molecular flexibility index (Phi) is 6.98. The van der Waals surface area contributed by atoms with Gasteiger partial charge in [0.05, 0.1) is 17.0 Å². The van der Waals surface area contributed by atoms with E-state index in [1.807, 2.05) is 50.5 Å². The normalized spacial score (nSPS) is 10.9. The monoisotopic (exact) mass is 489 g/mol. The number of nitrogens with one attached hydrogen (secondary N) is 1. The summed E-state index contributed by atoms with van der Waals surface area (Å²) < 4.78 is 16.8. The number of benzene rings is 2. The number of carbonyl (C=O) groups excluding carboxylic acids is 1. The third-order valence-corrected chi connectivity index (χ3v) is 6.73. The van der Waals surface area contributed by atoms with Crippen LogP contribution in [0, 0.1) is 44.8 Å². The van der Waals surface area contributed by atoms with Crippen LogP contribution in [0.3, 0.4) is 0 Å². The van der Waals surface area contributed by atoms with Crippen molar-refractivity contribution in [3.05, 3.63) is 81.8 Å². The molecule has 1 amide bonds. The van der Waals surface area contributed by atoms with Crippen molar-refractivity contribution in [2.45, 2.75) is 39.4 Å². The van der Waals surface area contributed by atoms with Gasteiger partial charge in [0.2, 0.25) is 11.1 Å². The number of rotatable bonds is 7. The van der Waals surface area contributed by atoms with Crippen molar-refractivity contribution in [3.63, 3.8) is 0 Å². The molecule has 35 heavy (non-hydrogen) atoms. The summed E-state index contributed by atoms with van der Waals surface area (Å²) in [6.45, 7) is 8.12. The van der Waals surface area contributed by atoms with Gasteiger partial charge >= 0.3 is 0 Å². The second-order valence-corrected chi connectivity index (χ2v) is 9.20. The molecule has 0 atom stereocenters. The van der Waals surface area contributed by atoms with Crippen LogP contribution in [0.4, 0.5) is 10.2 Å². The molecule has 0 saturated carbocycles. The fourth-order valence-electron chi connectivity index (χ4n) is 3.86. The molecule has 0 aliphatic carbocycles. The number of halogens is 1. The number of tetrazole rings is 1. The molecule has 8 nitrogen and oxygen atoms in total. The zero-order valence-electron chi connectivity index (χ0n) is 19.8. The quantitative estimate of drug-likeness (QED) is 0.384. The van der Waals surface area contributed by atoms with E-state index in [4.69, 9.17) is 0 Å². The van der Waals surface area contributed by atoms with Gasteiger partial charge in [0.1, 0.15) is 17.7 Å². The van der Waals surface area contributed by atoms with E-state index in [9.17, 15) is 14.4 Å². The minimum absolute atomic E-state index is 0.0516. The maximum absolute atomic E-state index is 13.3.